The fourth-order valence-electron chi connectivity index (χ4n) is 5.49. The molecule has 0 spiro atoms. The van der Waals surface area contributed by atoms with E-state index >= 15 is 0 Å². The molecule has 1 aromatic carbocycles. The second-order valence-electron chi connectivity index (χ2n) is 7.70. The fraction of sp³-hybridized carbons (Fsp3) is 0.684. The lowest BCUT2D eigenvalue weighted by Crippen LogP contribution is -2.54. The predicted octanol–water partition coefficient (Wildman–Crippen LogP) is 4.22. The van der Waals surface area contributed by atoms with Crippen LogP contribution in [0, 0.1) is 37.5 Å². The SMILES string of the molecule is Cc1cccc(CNC2C3CC4CC(C3)CC2C4)c1C. The third-order valence-corrected chi connectivity index (χ3v) is 6.47. The average Bonchev–Trinajstić information content (AvgIpc) is 2.41. The molecular formula is C19H27N. The summed E-state index contributed by atoms with van der Waals surface area (Å²) in [6, 6.07) is 7.53. The van der Waals surface area contributed by atoms with Crippen LogP contribution in [0.2, 0.25) is 0 Å². The molecule has 4 bridgehead atoms. The van der Waals surface area contributed by atoms with Crippen LogP contribution in [0.25, 0.3) is 0 Å². The van der Waals surface area contributed by atoms with Gasteiger partial charge < -0.3 is 5.32 Å². The van der Waals surface area contributed by atoms with Gasteiger partial charge in [-0.2, -0.15) is 0 Å². The number of rotatable bonds is 3. The monoisotopic (exact) mass is 269 g/mol. The number of aryl methyl sites for hydroxylation is 1. The zero-order valence-electron chi connectivity index (χ0n) is 12.9. The van der Waals surface area contributed by atoms with Gasteiger partial charge in [-0.25, -0.2) is 0 Å². The Hall–Kier alpha value is -0.820. The molecule has 0 unspecified atom stereocenters. The van der Waals surface area contributed by atoms with Crippen LogP contribution in [-0.4, -0.2) is 6.04 Å². The molecule has 4 aliphatic carbocycles. The quantitative estimate of drug-likeness (QED) is 0.866. The molecule has 0 saturated heterocycles. The van der Waals surface area contributed by atoms with Crippen LogP contribution >= 0.6 is 0 Å². The first-order valence-corrected chi connectivity index (χ1v) is 8.49. The van der Waals surface area contributed by atoms with Crippen molar-refractivity contribution in [3.05, 3.63) is 34.9 Å². The summed E-state index contributed by atoms with van der Waals surface area (Å²) in [5, 5.41) is 3.95. The molecule has 0 amide bonds. The first kappa shape index (κ1) is 12.9. The summed E-state index contributed by atoms with van der Waals surface area (Å²) in [7, 11) is 0. The van der Waals surface area contributed by atoms with Gasteiger partial charge in [-0.1, -0.05) is 18.2 Å². The number of hydrogen-bond acceptors (Lipinski definition) is 1. The highest BCUT2D eigenvalue weighted by molar-refractivity contribution is 5.33. The van der Waals surface area contributed by atoms with Crippen molar-refractivity contribution in [2.24, 2.45) is 23.7 Å². The summed E-state index contributed by atoms with van der Waals surface area (Å²) in [5.41, 5.74) is 4.40. The third kappa shape index (κ3) is 2.11. The van der Waals surface area contributed by atoms with Gasteiger partial charge in [-0.15, -0.1) is 0 Å². The van der Waals surface area contributed by atoms with Gasteiger partial charge in [0.05, 0.1) is 0 Å². The first-order chi connectivity index (χ1) is 9.70. The molecule has 0 heterocycles. The molecule has 4 aliphatic rings. The molecular weight excluding hydrogens is 242 g/mol. The van der Waals surface area contributed by atoms with Gasteiger partial charge in [0.2, 0.25) is 0 Å². The number of hydrogen-bond donors (Lipinski definition) is 1. The zero-order valence-corrected chi connectivity index (χ0v) is 12.9. The normalized spacial score (nSPS) is 38.4. The standard InChI is InChI=1S/C19H27N/c1-12-4-3-5-16(13(12)2)11-20-19-17-7-14-6-15(9-17)10-18(19)8-14/h3-5,14-15,17-20H,6-11H2,1-2H3. The van der Waals surface area contributed by atoms with Gasteiger partial charge in [-0.3, -0.25) is 0 Å². The Morgan fingerprint density at radius 2 is 1.60 bits per heavy atom. The maximum absolute atomic E-state index is 3.95. The zero-order chi connectivity index (χ0) is 13.7. The van der Waals surface area contributed by atoms with Crippen molar-refractivity contribution in [1.82, 2.24) is 5.32 Å². The van der Waals surface area contributed by atoms with Gasteiger partial charge in [0.15, 0.2) is 0 Å². The molecule has 20 heavy (non-hydrogen) atoms. The highest BCUT2D eigenvalue weighted by Gasteiger charge is 2.47. The molecule has 0 aromatic heterocycles. The van der Waals surface area contributed by atoms with Crippen LogP contribution in [0.15, 0.2) is 18.2 Å². The molecule has 0 radical (unpaired) electrons. The van der Waals surface area contributed by atoms with Crippen LogP contribution in [-0.2, 0) is 6.54 Å². The van der Waals surface area contributed by atoms with Crippen LogP contribution in [0.4, 0.5) is 0 Å². The van der Waals surface area contributed by atoms with Crippen molar-refractivity contribution < 1.29 is 0 Å². The molecule has 1 aromatic rings. The van der Waals surface area contributed by atoms with Gasteiger partial charge in [0.25, 0.3) is 0 Å². The van der Waals surface area contributed by atoms with E-state index in [9.17, 15) is 0 Å². The summed E-state index contributed by atoms with van der Waals surface area (Å²) in [4.78, 5) is 0. The van der Waals surface area contributed by atoms with E-state index in [-0.39, 0.29) is 0 Å². The first-order valence-electron chi connectivity index (χ1n) is 8.49. The van der Waals surface area contributed by atoms with Crippen molar-refractivity contribution in [1.29, 1.82) is 0 Å². The van der Waals surface area contributed by atoms with E-state index in [4.69, 9.17) is 0 Å². The third-order valence-electron chi connectivity index (χ3n) is 6.47. The van der Waals surface area contributed by atoms with E-state index in [0.29, 0.717) is 0 Å². The van der Waals surface area contributed by atoms with Crippen LogP contribution < -0.4 is 5.32 Å². The number of benzene rings is 1. The van der Waals surface area contributed by atoms with Crippen LogP contribution in [0.5, 0.6) is 0 Å². The lowest BCUT2D eigenvalue weighted by Gasteiger charge is -2.54. The topological polar surface area (TPSA) is 12.0 Å². The van der Waals surface area contributed by atoms with Crippen molar-refractivity contribution in [2.45, 2.75) is 58.5 Å². The van der Waals surface area contributed by atoms with Crippen molar-refractivity contribution in [2.75, 3.05) is 0 Å². The summed E-state index contributed by atoms with van der Waals surface area (Å²) < 4.78 is 0. The minimum absolute atomic E-state index is 0.808. The average molecular weight is 269 g/mol. The van der Waals surface area contributed by atoms with Crippen molar-refractivity contribution in [3.63, 3.8) is 0 Å². The van der Waals surface area contributed by atoms with Crippen molar-refractivity contribution in [3.8, 4) is 0 Å². The van der Waals surface area contributed by atoms with Gasteiger partial charge >= 0.3 is 0 Å². The predicted molar refractivity (Wildman–Crippen MR) is 83.6 cm³/mol. The summed E-state index contributed by atoms with van der Waals surface area (Å²) in [6.45, 7) is 5.56. The lowest BCUT2D eigenvalue weighted by molar-refractivity contribution is -0.0142. The molecule has 4 fully saturated rings. The Labute approximate surface area is 123 Å². The highest BCUT2D eigenvalue weighted by Crippen LogP contribution is 2.53. The van der Waals surface area contributed by atoms with E-state index in [1.54, 1.807) is 6.42 Å². The van der Waals surface area contributed by atoms with Gasteiger partial charge in [-0.05, 0) is 86.3 Å². The van der Waals surface area contributed by atoms with Gasteiger partial charge in [0, 0.05) is 12.6 Å². The maximum Gasteiger partial charge on any atom is 0.0211 e. The second kappa shape index (κ2) is 4.87. The second-order valence-corrected chi connectivity index (χ2v) is 7.70. The molecule has 1 nitrogen and oxygen atoms in total. The number of nitrogens with one attached hydrogen (secondary N) is 1. The van der Waals surface area contributed by atoms with E-state index < -0.39 is 0 Å². The Morgan fingerprint density at radius 3 is 2.25 bits per heavy atom. The van der Waals surface area contributed by atoms with Gasteiger partial charge in [0.1, 0.15) is 0 Å². The van der Waals surface area contributed by atoms with E-state index in [1.807, 2.05) is 0 Å². The molecule has 1 N–H and O–H groups in total. The summed E-state index contributed by atoms with van der Waals surface area (Å²) >= 11 is 0. The maximum atomic E-state index is 3.95. The van der Waals surface area contributed by atoms with Crippen LogP contribution in [0.3, 0.4) is 0 Å². The molecule has 1 heteroatoms. The van der Waals surface area contributed by atoms with Crippen molar-refractivity contribution >= 4 is 0 Å². The minimum atomic E-state index is 0.808. The Bertz CT molecular complexity index is 476. The minimum Gasteiger partial charge on any atom is -0.309 e. The molecule has 0 aliphatic heterocycles. The van der Waals surface area contributed by atoms with E-state index in [0.717, 1.165) is 36.3 Å². The molecule has 0 atom stereocenters. The smallest absolute Gasteiger partial charge is 0.0211 e. The fourth-order valence-corrected chi connectivity index (χ4v) is 5.49. The Balaban J connectivity index is 1.46. The van der Waals surface area contributed by atoms with Crippen LogP contribution in [0.1, 0.15) is 48.8 Å². The summed E-state index contributed by atoms with van der Waals surface area (Å²) in [5.74, 6) is 4.13. The largest absolute Gasteiger partial charge is 0.309 e. The highest BCUT2D eigenvalue weighted by atomic mass is 14.9. The molecule has 5 rings (SSSR count). The summed E-state index contributed by atoms with van der Waals surface area (Å²) in [6.07, 6.45) is 7.60. The molecule has 4 saturated carbocycles. The lowest BCUT2D eigenvalue weighted by atomic mass is 9.54. The molecule has 108 valence electrons. The Morgan fingerprint density at radius 1 is 0.950 bits per heavy atom. The van der Waals surface area contributed by atoms with E-state index in [2.05, 4.69) is 37.4 Å². The Kier molecular flexibility index (Phi) is 3.14. The van der Waals surface area contributed by atoms with E-state index in [1.165, 1.54) is 42.4 Å².